The van der Waals surface area contributed by atoms with Crippen LogP contribution in [-0.4, -0.2) is 41.0 Å². The van der Waals surface area contributed by atoms with E-state index in [-0.39, 0.29) is 17.1 Å². The second-order valence-electron chi connectivity index (χ2n) is 6.42. The minimum Gasteiger partial charge on any atom is -0.469 e. The van der Waals surface area contributed by atoms with E-state index in [1.165, 1.54) is 14.0 Å². The Labute approximate surface area is 173 Å². The first-order valence-corrected chi connectivity index (χ1v) is 10.8. The number of nitrogens with one attached hydrogen (secondary N) is 1. The van der Waals surface area contributed by atoms with Crippen LogP contribution < -0.4 is 5.32 Å². The summed E-state index contributed by atoms with van der Waals surface area (Å²) in [5.41, 5.74) is 3.85. The summed E-state index contributed by atoms with van der Waals surface area (Å²) < 4.78 is 10.2. The van der Waals surface area contributed by atoms with Crippen LogP contribution in [0.15, 0.2) is 46.9 Å². The van der Waals surface area contributed by atoms with Crippen LogP contribution in [0.2, 0.25) is 0 Å². The maximum atomic E-state index is 12.4. The van der Waals surface area contributed by atoms with Gasteiger partial charge in [0.1, 0.15) is 12.5 Å². The summed E-state index contributed by atoms with van der Waals surface area (Å²) >= 11 is 3.11. The highest BCUT2D eigenvalue weighted by atomic mass is 32.2. The van der Waals surface area contributed by atoms with Crippen molar-refractivity contribution in [3.05, 3.63) is 52.4 Å². The summed E-state index contributed by atoms with van der Waals surface area (Å²) in [5, 5.41) is 16.7. The van der Waals surface area contributed by atoms with Crippen LogP contribution in [-0.2, 0) is 20.9 Å². The van der Waals surface area contributed by atoms with Crippen molar-refractivity contribution in [2.45, 2.75) is 37.2 Å². The van der Waals surface area contributed by atoms with Crippen molar-refractivity contribution in [2.24, 2.45) is 11.8 Å². The molecule has 0 saturated heterocycles. The molecule has 1 aromatic carbocycles. The molecule has 1 aliphatic rings. The highest BCUT2D eigenvalue weighted by Crippen LogP contribution is 2.38. The lowest BCUT2D eigenvalue weighted by molar-refractivity contribution is -0.151. The van der Waals surface area contributed by atoms with E-state index in [2.05, 4.69) is 11.0 Å². The third-order valence-corrected chi connectivity index (χ3v) is 7.02. The van der Waals surface area contributed by atoms with Crippen molar-refractivity contribution < 1.29 is 24.2 Å². The van der Waals surface area contributed by atoms with Crippen molar-refractivity contribution in [2.75, 3.05) is 7.11 Å². The Morgan fingerprint density at radius 3 is 2.43 bits per heavy atom. The van der Waals surface area contributed by atoms with Crippen molar-refractivity contribution in [3.63, 3.8) is 0 Å². The number of aliphatic hydroxyl groups is 1. The SMILES string of the molecule is COC(=O)C(C(C)O)C(NC(=O)OCc1ccccc1)C(C)C1SC=C=CS1. The van der Waals surface area contributed by atoms with E-state index in [9.17, 15) is 14.7 Å². The Bertz CT molecular complexity index is 709. The van der Waals surface area contributed by atoms with Gasteiger partial charge in [-0.3, -0.25) is 4.79 Å². The van der Waals surface area contributed by atoms with E-state index in [0.717, 1.165) is 5.56 Å². The second kappa shape index (κ2) is 11.2. The van der Waals surface area contributed by atoms with Gasteiger partial charge in [0.05, 0.1) is 23.8 Å². The lowest BCUT2D eigenvalue weighted by Crippen LogP contribution is -2.53. The molecule has 1 amide bonds. The van der Waals surface area contributed by atoms with E-state index in [1.807, 2.05) is 48.1 Å². The summed E-state index contributed by atoms with van der Waals surface area (Å²) in [6, 6.07) is 8.65. The lowest BCUT2D eigenvalue weighted by atomic mass is 9.86. The lowest BCUT2D eigenvalue weighted by Gasteiger charge is -2.35. The number of carbonyl (C=O) groups is 2. The molecule has 0 radical (unpaired) electrons. The van der Waals surface area contributed by atoms with Crippen molar-refractivity contribution >= 4 is 35.6 Å². The molecule has 0 aromatic heterocycles. The van der Waals surface area contributed by atoms with Gasteiger partial charge in [-0.05, 0) is 18.4 Å². The van der Waals surface area contributed by atoms with Crippen molar-refractivity contribution in [3.8, 4) is 0 Å². The Morgan fingerprint density at radius 2 is 1.86 bits per heavy atom. The number of hydrogen-bond acceptors (Lipinski definition) is 7. The van der Waals surface area contributed by atoms with E-state index < -0.39 is 30.1 Å². The van der Waals surface area contributed by atoms with Gasteiger partial charge in [0.15, 0.2) is 0 Å². The predicted octanol–water partition coefficient (Wildman–Crippen LogP) is 3.52. The fraction of sp³-hybridized carbons (Fsp3) is 0.450. The van der Waals surface area contributed by atoms with Crippen LogP contribution in [0.4, 0.5) is 4.79 Å². The Kier molecular flexibility index (Phi) is 8.99. The zero-order valence-electron chi connectivity index (χ0n) is 16.0. The molecule has 0 aliphatic carbocycles. The molecular weight excluding hydrogens is 398 g/mol. The number of amides is 1. The normalized spacial score (nSPS) is 18.0. The molecule has 28 heavy (non-hydrogen) atoms. The van der Waals surface area contributed by atoms with Crippen LogP contribution in [0.1, 0.15) is 19.4 Å². The zero-order chi connectivity index (χ0) is 20.5. The molecule has 1 heterocycles. The fourth-order valence-electron chi connectivity index (χ4n) is 2.92. The maximum Gasteiger partial charge on any atom is 0.407 e. The van der Waals surface area contributed by atoms with E-state index in [4.69, 9.17) is 9.47 Å². The topological polar surface area (TPSA) is 84.9 Å². The van der Waals surface area contributed by atoms with Crippen LogP contribution in [0.25, 0.3) is 0 Å². The summed E-state index contributed by atoms with van der Waals surface area (Å²) in [6.07, 6.45) is -1.65. The minimum atomic E-state index is -1.00. The van der Waals surface area contributed by atoms with Gasteiger partial charge >= 0.3 is 12.1 Å². The molecule has 0 fully saturated rings. The van der Waals surface area contributed by atoms with Gasteiger partial charge in [0.2, 0.25) is 0 Å². The quantitative estimate of drug-likeness (QED) is 0.489. The van der Waals surface area contributed by atoms with Gasteiger partial charge < -0.3 is 19.9 Å². The third-order valence-electron chi connectivity index (χ3n) is 4.41. The zero-order valence-corrected chi connectivity index (χ0v) is 17.7. The molecule has 2 rings (SSSR count). The monoisotopic (exact) mass is 423 g/mol. The number of hydrogen-bond donors (Lipinski definition) is 2. The smallest absolute Gasteiger partial charge is 0.407 e. The van der Waals surface area contributed by atoms with Gasteiger partial charge in [-0.1, -0.05) is 37.3 Å². The first-order valence-electron chi connectivity index (χ1n) is 8.87. The van der Waals surface area contributed by atoms with E-state index in [0.29, 0.717) is 0 Å². The van der Waals surface area contributed by atoms with E-state index >= 15 is 0 Å². The average Bonchev–Trinajstić information content (AvgIpc) is 2.72. The fourth-order valence-corrected chi connectivity index (χ4v) is 4.99. The second-order valence-corrected chi connectivity index (χ2v) is 8.75. The molecule has 4 unspecified atom stereocenters. The molecule has 0 spiro atoms. The number of alkyl carbamates (subject to hydrolysis) is 1. The molecule has 1 aliphatic heterocycles. The predicted molar refractivity (Wildman–Crippen MR) is 112 cm³/mol. The highest BCUT2D eigenvalue weighted by Gasteiger charge is 2.41. The van der Waals surface area contributed by atoms with Gasteiger partial charge in [-0.15, -0.1) is 29.3 Å². The molecule has 1 aromatic rings. The largest absolute Gasteiger partial charge is 0.469 e. The summed E-state index contributed by atoms with van der Waals surface area (Å²) in [6.45, 7) is 3.56. The maximum absolute atomic E-state index is 12.4. The highest BCUT2D eigenvalue weighted by molar-refractivity contribution is 8.20. The number of methoxy groups -OCH3 is 1. The number of rotatable bonds is 8. The third kappa shape index (κ3) is 6.34. The first kappa shape index (κ1) is 22.4. The standard InChI is InChI=1S/C20H25NO5S2/c1-13(19-27-10-7-11-28-19)17(16(14(2)22)18(23)25-3)21-20(24)26-12-15-8-5-4-6-9-15/h4-6,8-11,13-14,16-17,19,22H,12H2,1-3H3,(H,21,24). The first-order chi connectivity index (χ1) is 13.4. The number of ether oxygens (including phenoxy) is 2. The van der Waals surface area contributed by atoms with Gasteiger partial charge in [0.25, 0.3) is 0 Å². The van der Waals surface area contributed by atoms with Gasteiger partial charge in [0, 0.05) is 10.8 Å². The number of esters is 1. The molecule has 2 N–H and O–H groups in total. The molecule has 0 bridgehead atoms. The van der Waals surface area contributed by atoms with Gasteiger partial charge in [-0.2, -0.15) is 0 Å². The van der Waals surface area contributed by atoms with E-state index in [1.54, 1.807) is 23.5 Å². The van der Waals surface area contributed by atoms with Crippen LogP contribution >= 0.6 is 23.5 Å². The molecular formula is C20H25NO5S2. The number of benzene rings is 1. The summed E-state index contributed by atoms with van der Waals surface area (Å²) in [5.74, 6) is -1.65. The van der Waals surface area contributed by atoms with Crippen LogP contribution in [0.5, 0.6) is 0 Å². The number of aliphatic hydroxyl groups excluding tert-OH is 1. The van der Waals surface area contributed by atoms with Crippen LogP contribution in [0.3, 0.4) is 0 Å². The molecule has 4 atom stereocenters. The average molecular weight is 424 g/mol. The minimum absolute atomic E-state index is 0.0478. The number of thioether (sulfide) groups is 2. The summed E-state index contributed by atoms with van der Waals surface area (Å²) in [4.78, 5) is 24.8. The Hall–Kier alpha value is -1.86. The van der Waals surface area contributed by atoms with Crippen molar-refractivity contribution in [1.29, 1.82) is 0 Å². The molecule has 8 heteroatoms. The Morgan fingerprint density at radius 1 is 1.21 bits per heavy atom. The van der Waals surface area contributed by atoms with Crippen molar-refractivity contribution in [1.82, 2.24) is 5.32 Å². The van der Waals surface area contributed by atoms with Gasteiger partial charge in [-0.25, -0.2) is 4.79 Å². The van der Waals surface area contributed by atoms with Crippen LogP contribution in [0, 0.1) is 11.8 Å². The Balaban J connectivity index is 2.12. The summed E-state index contributed by atoms with van der Waals surface area (Å²) in [7, 11) is 1.27. The molecule has 6 nitrogen and oxygen atoms in total. The number of carbonyl (C=O) groups excluding carboxylic acids is 2. The molecule has 152 valence electrons. The molecule has 0 saturated carbocycles.